The van der Waals surface area contributed by atoms with Crippen molar-refractivity contribution in [3.05, 3.63) is 29.3 Å². The van der Waals surface area contributed by atoms with Crippen molar-refractivity contribution in [2.45, 2.75) is 44.6 Å². The summed E-state index contributed by atoms with van der Waals surface area (Å²) in [5.41, 5.74) is -0.149. The van der Waals surface area contributed by atoms with Gasteiger partial charge in [-0.15, -0.1) is 0 Å². The van der Waals surface area contributed by atoms with Crippen molar-refractivity contribution in [1.29, 1.82) is 0 Å². The standard InChI is InChI=1S/C16H23F2NO4/c1-2-3-4-23-10-5-12(17)11(13(18)6-10)7-19-8-14(20)16(22)15(21)9-19/h5-6,14-16,20-22H,2-4,7-9H2,1H3. The smallest absolute Gasteiger partial charge is 0.134 e. The van der Waals surface area contributed by atoms with E-state index in [4.69, 9.17) is 4.74 Å². The van der Waals surface area contributed by atoms with Gasteiger partial charge >= 0.3 is 0 Å². The molecule has 1 fully saturated rings. The molecule has 130 valence electrons. The van der Waals surface area contributed by atoms with E-state index in [9.17, 15) is 24.1 Å². The van der Waals surface area contributed by atoms with Gasteiger partial charge < -0.3 is 20.1 Å². The fraction of sp³-hybridized carbons (Fsp3) is 0.625. The maximum absolute atomic E-state index is 14.1. The first-order chi connectivity index (χ1) is 10.9. The Morgan fingerprint density at radius 1 is 1.13 bits per heavy atom. The molecule has 7 heteroatoms. The molecule has 0 aliphatic carbocycles. The molecule has 3 N–H and O–H groups in total. The minimum atomic E-state index is -1.24. The van der Waals surface area contributed by atoms with Crippen LogP contribution in [0, 0.1) is 11.6 Å². The van der Waals surface area contributed by atoms with Gasteiger partial charge in [-0.05, 0) is 6.42 Å². The predicted molar refractivity (Wildman–Crippen MR) is 80.1 cm³/mol. The number of β-amino-alcohol motifs (C(OH)–C–C–N with tert-alkyl or cyclic N) is 2. The summed E-state index contributed by atoms with van der Waals surface area (Å²) in [6, 6.07) is 2.28. The molecule has 0 aromatic heterocycles. The normalized spacial score (nSPS) is 25.6. The van der Waals surface area contributed by atoms with Crippen LogP contribution in [0.4, 0.5) is 8.78 Å². The number of halogens is 2. The van der Waals surface area contributed by atoms with Crippen LogP contribution in [0.3, 0.4) is 0 Å². The first kappa shape index (κ1) is 18.1. The van der Waals surface area contributed by atoms with Crippen molar-refractivity contribution < 1.29 is 28.8 Å². The second kappa shape index (κ2) is 8.01. The van der Waals surface area contributed by atoms with Gasteiger partial charge in [0, 0.05) is 37.3 Å². The van der Waals surface area contributed by atoms with E-state index in [2.05, 4.69) is 0 Å². The molecule has 1 aliphatic rings. The Bertz CT molecular complexity index is 494. The van der Waals surface area contributed by atoms with Gasteiger partial charge in [0.2, 0.25) is 0 Å². The lowest BCUT2D eigenvalue weighted by molar-refractivity contribution is -0.111. The van der Waals surface area contributed by atoms with Gasteiger partial charge in [0.1, 0.15) is 23.5 Å². The number of piperidine rings is 1. The summed E-state index contributed by atoms with van der Waals surface area (Å²) in [7, 11) is 0. The van der Waals surface area contributed by atoms with Crippen molar-refractivity contribution in [2.24, 2.45) is 0 Å². The predicted octanol–water partition coefficient (Wildman–Crippen LogP) is 1.04. The Hall–Kier alpha value is -1.28. The van der Waals surface area contributed by atoms with Crippen LogP contribution in [0.5, 0.6) is 5.75 Å². The highest BCUT2D eigenvalue weighted by atomic mass is 19.1. The maximum Gasteiger partial charge on any atom is 0.134 e. The topological polar surface area (TPSA) is 73.2 Å². The molecule has 0 bridgehead atoms. The second-order valence-corrected chi connectivity index (χ2v) is 5.89. The summed E-state index contributed by atoms with van der Waals surface area (Å²) in [6.45, 7) is 2.36. The van der Waals surface area contributed by atoms with Crippen LogP contribution in [-0.4, -0.2) is 58.2 Å². The molecular weight excluding hydrogens is 308 g/mol. The number of likely N-dealkylation sites (tertiary alicyclic amines) is 1. The fourth-order valence-electron chi connectivity index (χ4n) is 2.58. The van der Waals surface area contributed by atoms with E-state index in [1.807, 2.05) is 6.92 Å². The van der Waals surface area contributed by atoms with Crippen molar-refractivity contribution in [2.75, 3.05) is 19.7 Å². The minimum Gasteiger partial charge on any atom is -0.493 e. The molecule has 1 heterocycles. The lowest BCUT2D eigenvalue weighted by Crippen LogP contribution is -2.55. The molecule has 2 rings (SSSR count). The van der Waals surface area contributed by atoms with Gasteiger partial charge in [0.25, 0.3) is 0 Å². The van der Waals surface area contributed by atoms with E-state index >= 15 is 0 Å². The van der Waals surface area contributed by atoms with E-state index in [1.165, 1.54) is 4.90 Å². The average Bonchev–Trinajstić information content (AvgIpc) is 2.49. The van der Waals surface area contributed by atoms with Gasteiger partial charge in [0.15, 0.2) is 0 Å². The van der Waals surface area contributed by atoms with Gasteiger partial charge in [0.05, 0.1) is 18.8 Å². The first-order valence-corrected chi connectivity index (χ1v) is 7.79. The number of hydrogen-bond donors (Lipinski definition) is 3. The Labute approximate surface area is 134 Å². The van der Waals surface area contributed by atoms with Crippen molar-refractivity contribution >= 4 is 0 Å². The van der Waals surface area contributed by atoms with Crippen LogP contribution in [0.15, 0.2) is 12.1 Å². The number of nitrogens with zero attached hydrogens (tertiary/aromatic N) is 1. The largest absolute Gasteiger partial charge is 0.493 e. The molecule has 2 atom stereocenters. The zero-order valence-electron chi connectivity index (χ0n) is 13.1. The molecule has 0 saturated carbocycles. The maximum atomic E-state index is 14.1. The quantitative estimate of drug-likeness (QED) is 0.680. The van der Waals surface area contributed by atoms with Crippen molar-refractivity contribution in [3.63, 3.8) is 0 Å². The molecule has 23 heavy (non-hydrogen) atoms. The van der Waals surface area contributed by atoms with Gasteiger partial charge in [-0.3, -0.25) is 4.90 Å². The molecule has 1 aliphatic heterocycles. The number of hydrogen-bond acceptors (Lipinski definition) is 5. The average molecular weight is 331 g/mol. The van der Waals surface area contributed by atoms with Crippen LogP contribution in [-0.2, 0) is 6.54 Å². The van der Waals surface area contributed by atoms with Crippen LogP contribution < -0.4 is 4.74 Å². The Morgan fingerprint density at radius 2 is 1.70 bits per heavy atom. The summed E-state index contributed by atoms with van der Waals surface area (Å²) in [4.78, 5) is 1.50. The number of unbranched alkanes of at least 4 members (excludes halogenated alkanes) is 1. The summed E-state index contributed by atoms with van der Waals surface area (Å²) < 4.78 is 33.5. The van der Waals surface area contributed by atoms with Gasteiger partial charge in [-0.2, -0.15) is 0 Å². The third-order valence-corrected chi connectivity index (χ3v) is 3.94. The molecule has 1 saturated heterocycles. The van der Waals surface area contributed by atoms with Crippen LogP contribution in [0.2, 0.25) is 0 Å². The van der Waals surface area contributed by atoms with Crippen molar-refractivity contribution in [3.8, 4) is 5.75 Å². The van der Waals surface area contributed by atoms with E-state index in [1.54, 1.807) is 0 Å². The van der Waals surface area contributed by atoms with E-state index < -0.39 is 29.9 Å². The van der Waals surface area contributed by atoms with Crippen molar-refractivity contribution in [1.82, 2.24) is 4.90 Å². The lowest BCUT2D eigenvalue weighted by Gasteiger charge is -2.36. The number of aliphatic hydroxyl groups is 3. The highest BCUT2D eigenvalue weighted by molar-refractivity contribution is 5.30. The molecular formula is C16H23F2NO4. The Morgan fingerprint density at radius 3 is 2.22 bits per heavy atom. The Kier molecular flexibility index (Phi) is 6.29. The highest BCUT2D eigenvalue weighted by Crippen LogP contribution is 2.24. The van der Waals surface area contributed by atoms with Crippen LogP contribution in [0.25, 0.3) is 0 Å². The zero-order chi connectivity index (χ0) is 17.0. The lowest BCUT2D eigenvalue weighted by atomic mass is 10.0. The molecule has 0 radical (unpaired) electrons. The SMILES string of the molecule is CCCCOc1cc(F)c(CN2CC(O)C(O)C(O)C2)c(F)c1. The number of benzene rings is 1. The van der Waals surface area contributed by atoms with Gasteiger partial charge in [-0.1, -0.05) is 13.3 Å². The van der Waals surface area contributed by atoms with Crippen LogP contribution >= 0.6 is 0 Å². The fourth-order valence-corrected chi connectivity index (χ4v) is 2.58. The highest BCUT2D eigenvalue weighted by Gasteiger charge is 2.33. The summed E-state index contributed by atoms with van der Waals surface area (Å²) >= 11 is 0. The molecule has 0 spiro atoms. The number of ether oxygens (including phenoxy) is 1. The number of rotatable bonds is 6. The minimum absolute atomic E-state index is 0.0336. The molecule has 5 nitrogen and oxygen atoms in total. The first-order valence-electron chi connectivity index (χ1n) is 7.79. The molecule has 1 aromatic rings. The van der Waals surface area contributed by atoms with E-state index in [0.717, 1.165) is 25.0 Å². The summed E-state index contributed by atoms with van der Waals surface area (Å²) in [5, 5.41) is 28.8. The Balaban J connectivity index is 2.05. The third-order valence-electron chi connectivity index (χ3n) is 3.94. The second-order valence-electron chi connectivity index (χ2n) is 5.89. The number of aliphatic hydroxyl groups excluding tert-OH is 3. The molecule has 1 aromatic carbocycles. The zero-order valence-corrected chi connectivity index (χ0v) is 13.1. The van der Waals surface area contributed by atoms with Gasteiger partial charge in [-0.25, -0.2) is 8.78 Å². The third kappa shape index (κ3) is 4.60. The van der Waals surface area contributed by atoms with Crippen LogP contribution in [0.1, 0.15) is 25.3 Å². The van der Waals surface area contributed by atoms with E-state index in [0.29, 0.717) is 6.61 Å². The summed E-state index contributed by atoms with van der Waals surface area (Å²) in [6.07, 6.45) is -1.82. The van der Waals surface area contributed by atoms with E-state index in [-0.39, 0.29) is 30.9 Å². The molecule has 0 amide bonds. The molecule has 2 unspecified atom stereocenters. The monoisotopic (exact) mass is 331 g/mol. The summed E-state index contributed by atoms with van der Waals surface area (Å²) in [5.74, 6) is -1.32.